The van der Waals surface area contributed by atoms with E-state index in [-0.39, 0.29) is 0 Å². The molecule has 4 heteroatoms. The van der Waals surface area contributed by atoms with Crippen LogP contribution in [-0.2, 0) is 10.3 Å². The lowest BCUT2D eigenvalue weighted by Gasteiger charge is -2.36. The molecule has 0 bridgehead atoms. The monoisotopic (exact) mass is 552 g/mol. The highest BCUT2D eigenvalue weighted by molar-refractivity contribution is 7.19. The lowest BCUT2D eigenvalue weighted by atomic mass is 9.77. The van der Waals surface area contributed by atoms with Crippen LogP contribution in [0.3, 0.4) is 0 Å². The second kappa shape index (κ2) is 11.3. The lowest BCUT2D eigenvalue weighted by Crippen LogP contribution is -2.25. The summed E-state index contributed by atoms with van der Waals surface area (Å²) in [7, 11) is 6.36. The predicted molar refractivity (Wildman–Crippen MR) is 172 cm³/mol. The first-order valence-electron chi connectivity index (χ1n) is 13.3. The van der Waals surface area contributed by atoms with Gasteiger partial charge < -0.3 is 0 Å². The van der Waals surface area contributed by atoms with E-state index in [2.05, 4.69) is 150 Å². The molecule has 2 heterocycles. The third kappa shape index (κ3) is 4.58. The third-order valence-electron chi connectivity index (χ3n) is 7.69. The highest BCUT2D eigenvalue weighted by atomic mass is 31.0. The third-order valence-corrected chi connectivity index (χ3v) is 9.64. The van der Waals surface area contributed by atoms with E-state index in [1.54, 1.807) is 0 Å². The molecule has 0 radical (unpaired) electrons. The summed E-state index contributed by atoms with van der Waals surface area (Å²) in [5.74, 6) is 0. The maximum absolute atomic E-state index is 4.52. The summed E-state index contributed by atoms with van der Waals surface area (Å²) in [4.78, 5) is 9.03. The maximum Gasteiger partial charge on any atom is 0.0612 e. The molecule has 4 unspecified atom stereocenters. The Morgan fingerprint density at radius 2 is 0.725 bits per heavy atom. The Balaban J connectivity index is 1.65. The molecular weight excluding hydrogens is 522 g/mol. The number of nitrogens with zero attached hydrogens (tertiary/aromatic N) is 2. The van der Waals surface area contributed by atoms with Gasteiger partial charge in [-0.25, -0.2) is 0 Å². The molecular formula is C36H30N2P2. The van der Waals surface area contributed by atoms with Gasteiger partial charge in [0.2, 0.25) is 0 Å². The summed E-state index contributed by atoms with van der Waals surface area (Å²) in [6.45, 7) is 0. The Labute approximate surface area is 241 Å². The number of benzene rings is 4. The van der Waals surface area contributed by atoms with E-state index in [4.69, 9.17) is 0 Å². The summed E-state index contributed by atoms with van der Waals surface area (Å²) in [6.07, 6.45) is 7.61. The van der Waals surface area contributed by atoms with Crippen molar-refractivity contribution in [3.63, 3.8) is 0 Å². The number of rotatable bonds is 7. The van der Waals surface area contributed by atoms with Crippen molar-refractivity contribution in [2.75, 3.05) is 0 Å². The molecule has 0 amide bonds. The average Bonchev–Trinajstić information content (AvgIpc) is 3.05. The maximum atomic E-state index is 4.52. The van der Waals surface area contributed by atoms with Crippen molar-refractivity contribution in [1.29, 1.82) is 0 Å². The van der Waals surface area contributed by atoms with Crippen molar-refractivity contribution in [3.8, 4) is 11.1 Å². The standard InChI is InChI=1S/C36H30N2P2/c39-35(27-13-3-1-4-14-27,29-17-11-23-37-25-29)33-21-9-7-19-31(33)32-20-8-10-22-34(32)36(40,28-15-5-2-6-16-28)30-18-12-24-38-26-30/h1-26H,39-40H2. The first-order valence-corrected chi connectivity index (χ1v) is 14.5. The average molecular weight is 553 g/mol. The molecule has 0 aliphatic heterocycles. The SMILES string of the molecule is PC(c1ccccc1)(c1cccnc1)c1ccccc1-c1ccccc1C(P)(c1ccccc1)c1cccnc1. The van der Waals surface area contributed by atoms with Gasteiger partial charge in [0.1, 0.15) is 0 Å². The van der Waals surface area contributed by atoms with Gasteiger partial charge in [-0.3, -0.25) is 9.97 Å². The van der Waals surface area contributed by atoms with Gasteiger partial charge in [0.25, 0.3) is 0 Å². The van der Waals surface area contributed by atoms with Crippen LogP contribution in [0.4, 0.5) is 0 Å². The second-order valence-electron chi connectivity index (χ2n) is 9.92. The van der Waals surface area contributed by atoms with E-state index in [9.17, 15) is 0 Å². The van der Waals surface area contributed by atoms with Gasteiger partial charge in [-0.05, 0) is 56.6 Å². The van der Waals surface area contributed by atoms with E-state index >= 15 is 0 Å². The van der Waals surface area contributed by atoms with Crippen LogP contribution < -0.4 is 0 Å². The summed E-state index contributed by atoms with van der Waals surface area (Å²) in [5.41, 5.74) is 9.33. The molecule has 0 saturated heterocycles. The van der Waals surface area contributed by atoms with Crippen molar-refractivity contribution in [2.24, 2.45) is 0 Å². The summed E-state index contributed by atoms with van der Waals surface area (Å²) in [5, 5.41) is -1.02. The van der Waals surface area contributed by atoms with Crippen molar-refractivity contribution in [1.82, 2.24) is 9.97 Å². The van der Waals surface area contributed by atoms with Crippen LogP contribution in [0.1, 0.15) is 33.4 Å². The van der Waals surface area contributed by atoms with Crippen LogP contribution in [0.25, 0.3) is 11.1 Å². The van der Waals surface area contributed by atoms with E-state index in [1.807, 2.05) is 36.9 Å². The van der Waals surface area contributed by atoms with Gasteiger partial charge in [0.05, 0.1) is 10.3 Å². The van der Waals surface area contributed by atoms with Crippen LogP contribution >= 0.6 is 18.5 Å². The second-order valence-corrected chi connectivity index (χ2v) is 11.7. The fraction of sp³-hybridized carbons (Fsp3) is 0.0556. The van der Waals surface area contributed by atoms with Crippen LogP contribution in [0.5, 0.6) is 0 Å². The molecule has 4 atom stereocenters. The largest absolute Gasteiger partial charge is 0.264 e. The van der Waals surface area contributed by atoms with Crippen molar-refractivity contribution in [2.45, 2.75) is 10.3 Å². The van der Waals surface area contributed by atoms with E-state index < -0.39 is 10.3 Å². The van der Waals surface area contributed by atoms with Crippen molar-refractivity contribution < 1.29 is 0 Å². The van der Waals surface area contributed by atoms with Gasteiger partial charge >= 0.3 is 0 Å². The van der Waals surface area contributed by atoms with Gasteiger partial charge in [-0.1, -0.05) is 121 Å². The van der Waals surface area contributed by atoms with Crippen LogP contribution in [0.2, 0.25) is 0 Å². The highest BCUT2D eigenvalue weighted by Gasteiger charge is 2.37. The summed E-state index contributed by atoms with van der Waals surface area (Å²) in [6, 6.07) is 47.2. The zero-order valence-corrected chi connectivity index (χ0v) is 24.4. The molecule has 40 heavy (non-hydrogen) atoms. The number of pyridine rings is 2. The Hall–Kier alpha value is -3.96. The molecule has 0 aliphatic rings. The van der Waals surface area contributed by atoms with E-state index in [0.29, 0.717) is 0 Å². The quantitative estimate of drug-likeness (QED) is 0.186. The van der Waals surface area contributed by atoms with Crippen molar-refractivity contribution in [3.05, 3.63) is 192 Å². The molecule has 6 rings (SSSR count). The minimum Gasteiger partial charge on any atom is -0.264 e. The smallest absolute Gasteiger partial charge is 0.0612 e. The first kappa shape index (κ1) is 26.3. The fourth-order valence-electron chi connectivity index (χ4n) is 5.67. The topological polar surface area (TPSA) is 25.8 Å². The molecule has 0 aliphatic carbocycles. The Morgan fingerprint density at radius 1 is 0.375 bits per heavy atom. The first-order chi connectivity index (χ1) is 19.6. The predicted octanol–water partition coefficient (Wildman–Crippen LogP) is 8.48. The normalized spacial score (nSPS) is 14.2. The molecule has 2 aromatic heterocycles. The van der Waals surface area contributed by atoms with Crippen LogP contribution in [-0.4, -0.2) is 9.97 Å². The Kier molecular flexibility index (Phi) is 7.40. The number of hydrogen-bond acceptors (Lipinski definition) is 2. The van der Waals surface area contributed by atoms with Crippen LogP contribution in [0.15, 0.2) is 158 Å². The summed E-state index contributed by atoms with van der Waals surface area (Å²) >= 11 is 0. The molecule has 0 saturated carbocycles. The van der Waals surface area contributed by atoms with Gasteiger partial charge in [-0.2, -0.15) is 0 Å². The van der Waals surface area contributed by atoms with Gasteiger partial charge in [0.15, 0.2) is 0 Å². The molecule has 4 aromatic carbocycles. The highest BCUT2D eigenvalue weighted by Crippen LogP contribution is 2.52. The van der Waals surface area contributed by atoms with E-state index in [1.165, 1.54) is 33.4 Å². The molecule has 0 fully saturated rings. The van der Waals surface area contributed by atoms with E-state index in [0.717, 1.165) is 11.1 Å². The molecule has 0 spiro atoms. The van der Waals surface area contributed by atoms with Crippen molar-refractivity contribution >= 4 is 18.5 Å². The lowest BCUT2D eigenvalue weighted by molar-refractivity contribution is 0.877. The Bertz CT molecular complexity index is 1500. The molecule has 6 aromatic rings. The molecule has 194 valence electrons. The Morgan fingerprint density at radius 3 is 1.10 bits per heavy atom. The minimum absolute atomic E-state index is 0.510. The fourth-order valence-corrected chi connectivity index (χ4v) is 6.90. The zero-order valence-electron chi connectivity index (χ0n) is 22.1. The minimum atomic E-state index is -0.510. The number of hydrogen-bond donors (Lipinski definition) is 0. The summed E-state index contributed by atoms with van der Waals surface area (Å²) < 4.78 is 0. The molecule has 2 nitrogen and oxygen atoms in total. The van der Waals surface area contributed by atoms with Gasteiger partial charge in [-0.15, -0.1) is 18.5 Å². The van der Waals surface area contributed by atoms with Gasteiger partial charge in [0, 0.05) is 24.8 Å². The van der Waals surface area contributed by atoms with Crippen LogP contribution in [0, 0.1) is 0 Å². The number of aromatic nitrogens is 2. The zero-order chi connectivity index (χ0) is 27.4. The molecule has 0 N–H and O–H groups in total.